The van der Waals surface area contributed by atoms with Crippen molar-refractivity contribution in [3.05, 3.63) is 21.3 Å². The highest BCUT2D eigenvalue weighted by Crippen LogP contribution is 2.28. The van der Waals surface area contributed by atoms with Crippen molar-refractivity contribution >= 4 is 28.9 Å². The summed E-state index contributed by atoms with van der Waals surface area (Å²) >= 11 is 7.60. The second-order valence-electron chi connectivity index (χ2n) is 4.24. The molecule has 0 aliphatic heterocycles. The summed E-state index contributed by atoms with van der Waals surface area (Å²) in [5, 5.41) is 6.84. The summed E-state index contributed by atoms with van der Waals surface area (Å²) in [7, 11) is 1.81. The van der Waals surface area contributed by atoms with Gasteiger partial charge in [-0.1, -0.05) is 18.5 Å². The standard InChI is InChI=1S/C12H18ClN3S/c1-3-9(10-6-7-11(13)17-10)16-12(14-2)15-8-4-5-8/h6-9H,3-5H2,1-2H3,(H2,14,15,16). The Morgan fingerprint density at radius 3 is 2.82 bits per heavy atom. The lowest BCUT2D eigenvalue weighted by molar-refractivity contribution is 0.618. The maximum absolute atomic E-state index is 5.97. The fourth-order valence-electron chi connectivity index (χ4n) is 1.65. The van der Waals surface area contributed by atoms with E-state index >= 15 is 0 Å². The summed E-state index contributed by atoms with van der Waals surface area (Å²) in [6.07, 6.45) is 3.52. The lowest BCUT2D eigenvalue weighted by atomic mass is 10.2. The molecule has 17 heavy (non-hydrogen) atoms. The van der Waals surface area contributed by atoms with Crippen molar-refractivity contribution in [2.45, 2.75) is 38.3 Å². The Hall–Kier alpha value is -0.740. The largest absolute Gasteiger partial charge is 0.354 e. The molecule has 3 nitrogen and oxygen atoms in total. The molecule has 0 radical (unpaired) electrons. The van der Waals surface area contributed by atoms with E-state index in [0.717, 1.165) is 16.7 Å². The summed E-state index contributed by atoms with van der Waals surface area (Å²) in [6.45, 7) is 2.16. The van der Waals surface area contributed by atoms with Crippen molar-refractivity contribution in [3.8, 4) is 0 Å². The third kappa shape index (κ3) is 3.61. The highest BCUT2D eigenvalue weighted by atomic mass is 35.5. The van der Waals surface area contributed by atoms with Crippen LogP contribution in [-0.4, -0.2) is 19.0 Å². The number of nitrogens with one attached hydrogen (secondary N) is 2. The molecule has 1 saturated carbocycles. The first-order valence-electron chi connectivity index (χ1n) is 5.98. The van der Waals surface area contributed by atoms with E-state index < -0.39 is 0 Å². The molecule has 1 aromatic rings. The molecule has 94 valence electrons. The van der Waals surface area contributed by atoms with Crippen LogP contribution in [0, 0.1) is 0 Å². The minimum absolute atomic E-state index is 0.289. The lowest BCUT2D eigenvalue weighted by Gasteiger charge is -2.19. The fraction of sp³-hybridized carbons (Fsp3) is 0.583. The summed E-state index contributed by atoms with van der Waals surface area (Å²) < 4.78 is 0.838. The van der Waals surface area contributed by atoms with Gasteiger partial charge in [-0.3, -0.25) is 4.99 Å². The molecule has 0 saturated heterocycles. The number of hydrogen-bond donors (Lipinski definition) is 2. The molecule has 1 aliphatic rings. The summed E-state index contributed by atoms with van der Waals surface area (Å²) in [5.41, 5.74) is 0. The number of rotatable bonds is 4. The monoisotopic (exact) mass is 271 g/mol. The smallest absolute Gasteiger partial charge is 0.191 e. The van der Waals surface area contributed by atoms with E-state index in [1.54, 1.807) is 11.3 Å². The van der Waals surface area contributed by atoms with Crippen LogP contribution in [-0.2, 0) is 0 Å². The predicted octanol–water partition coefficient (Wildman–Crippen LogP) is 3.18. The average Bonchev–Trinajstić information content (AvgIpc) is 3.05. The van der Waals surface area contributed by atoms with Crippen LogP contribution < -0.4 is 10.6 Å². The molecule has 2 rings (SSSR count). The van der Waals surface area contributed by atoms with Crippen LogP contribution >= 0.6 is 22.9 Å². The van der Waals surface area contributed by atoms with E-state index in [1.165, 1.54) is 17.7 Å². The third-order valence-electron chi connectivity index (χ3n) is 2.80. The Balaban J connectivity index is 1.97. The van der Waals surface area contributed by atoms with Crippen LogP contribution in [0.3, 0.4) is 0 Å². The molecular formula is C12H18ClN3S. The third-order valence-corrected chi connectivity index (χ3v) is 4.14. The lowest BCUT2D eigenvalue weighted by Crippen LogP contribution is -2.40. The fourth-order valence-corrected chi connectivity index (χ4v) is 2.84. The molecule has 1 atom stereocenters. The number of guanidine groups is 1. The molecule has 5 heteroatoms. The van der Waals surface area contributed by atoms with Gasteiger partial charge >= 0.3 is 0 Å². The first kappa shape index (κ1) is 12.7. The Bertz CT molecular complexity index is 398. The summed E-state index contributed by atoms with van der Waals surface area (Å²) in [4.78, 5) is 5.51. The normalized spacial score (nSPS) is 17.9. The first-order chi connectivity index (χ1) is 8.22. The Morgan fingerprint density at radius 1 is 1.59 bits per heavy atom. The Kier molecular flexibility index (Phi) is 4.29. The van der Waals surface area contributed by atoms with E-state index in [2.05, 4.69) is 28.6 Å². The number of aliphatic imine (C=N–C) groups is 1. The number of hydrogen-bond acceptors (Lipinski definition) is 2. The number of thiophene rings is 1. The van der Waals surface area contributed by atoms with Gasteiger partial charge in [-0.15, -0.1) is 11.3 Å². The highest BCUT2D eigenvalue weighted by Gasteiger charge is 2.23. The average molecular weight is 272 g/mol. The molecule has 0 bridgehead atoms. The highest BCUT2D eigenvalue weighted by molar-refractivity contribution is 7.16. The van der Waals surface area contributed by atoms with Crippen LogP contribution in [0.25, 0.3) is 0 Å². The van der Waals surface area contributed by atoms with E-state index in [4.69, 9.17) is 11.6 Å². The second kappa shape index (κ2) is 5.74. The Labute approximate surface area is 111 Å². The molecule has 1 aliphatic carbocycles. The molecule has 1 aromatic heterocycles. The van der Waals surface area contributed by atoms with E-state index in [1.807, 2.05) is 13.1 Å². The van der Waals surface area contributed by atoms with E-state index in [9.17, 15) is 0 Å². The van der Waals surface area contributed by atoms with Crippen molar-refractivity contribution in [2.75, 3.05) is 7.05 Å². The van der Waals surface area contributed by atoms with Gasteiger partial charge < -0.3 is 10.6 Å². The molecule has 0 aromatic carbocycles. The quantitative estimate of drug-likeness (QED) is 0.652. The zero-order chi connectivity index (χ0) is 12.3. The molecule has 1 unspecified atom stereocenters. The van der Waals surface area contributed by atoms with Crippen LogP contribution in [0.2, 0.25) is 4.34 Å². The maximum Gasteiger partial charge on any atom is 0.191 e. The molecule has 0 spiro atoms. The molecule has 1 heterocycles. The van der Waals surface area contributed by atoms with Crippen LogP contribution in [0.15, 0.2) is 17.1 Å². The van der Waals surface area contributed by atoms with Crippen molar-refractivity contribution < 1.29 is 0 Å². The van der Waals surface area contributed by atoms with Gasteiger partial charge in [-0.05, 0) is 31.4 Å². The van der Waals surface area contributed by atoms with Gasteiger partial charge in [0.25, 0.3) is 0 Å². The minimum atomic E-state index is 0.289. The van der Waals surface area contributed by atoms with E-state index in [0.29, 0.717) is 6.04 Å². The van der Waals surface area contributed by atoms with Crippen molar-refractivity contribution in [3.63, 3.8) is 0 Å². The number of nitrogens with zero attached hydrogens (tertiary/aromatic N) is 1. The summed E-state index contributed by atoms with van der Waals surface area (Å²) in [6, 6.07) is 4.93. The zero-order valence-electron chi connectivity index (χ0n) is 10.2. The molecule has 2 N–H and O–H groups in total. The van der Waals surface area contributed by atoms with Gasteiger partial charge in [0.1, 0.15) is 0 Å². The summed E-state index contributed by atoms with van der Waals surface area (Å²) in [5.74, 6) is 0.892. The van der Waals surface area contributed by atoms with Crippen molar-refractivity contribution in [2.24, 2.45) is 4.99 Å². The van der Waals surface area contributed by atoms with Crippen LogP contribution in [0.1, 0.15) is 37.1 Å². The van der Waals surface area contributed by atoms with Gasteiger partial charge in [0.15, 0.2) is 5.96 Å². The number of halogens is 1. The van der Waals surface area contributed by atoms with Gasteiger partial charge in [-0.2, -0.15) is 0 Å². The minimum Gasteiger partial charge on any atom is -0.354 e. The molecule has 1 fully saturated rings. The first-order valence-corrected chi connectivity index (χ1v) is 7.17. The van der Waals surface area contributed by atoms with Gasteiger partial charge in [-0.25, -0.2) is 0 Å². The van der Waals surface area contributed by atoms with Crippen molar-refractivity contribution in [1.29, 1.82) is 0 Å². The van der Waals surface area contributed by atoms with Gasteiger partial charge in [0, 0.05) is 18.0 Å². The maximum atomic E-state index is 5.97. The van der Waals surface area contributed by atoms with Gasteiger partial charge in [0.2, 0.25) is 0 Å². The molecule has 0 amide bonds. The van der Waals surface area contributed by atoms with Crippen LogP contribution in [0.5, 0.6) is 0 Å². The SMILES string of the molecule is CCC(NC(=NC)NC1CC1)c1ccc(Cl)s1. The predicted molar refractivity (Wildman–Crippen MR) is 75.0 cm³/mol. The topological polar surface area (TPSA) is 36.4 Å². The molecular weight excluding hydrogens is 254 g/mol. The van der Waals surface area contributed by atoms with Crippen molar-refractivity contribution in [1.82, 2.24) is 10.6 Å². The second-order valence-corrected chi connectivity index (χ2v) is 5.98. The van der Waals surface area contributed by atoms with E-state index in [-0.39, 0.29) is 6.04 Å². The van der Waals surface area contributed by atoms with Gasteiger partial charge in [0.05, 0.1) is 10.4 Å². The van der Waals surface area contributed by atoms with Crippen LogP contribution in [0.4, 0.5) is 0 Å². The zero-order valence-corrected chi connectivity index (χ0v) is 11.7. The Morgan fingerprint density at radius 2 is 2.35 bits per heavy atom.